The van der Waals surface area contributed by atoms with Crippen molar-refractivity contribution in [3.8, 4) is 22.5 Å². The normalized spacial score (nSPS) is 15.3. The average Bonchev–Trinajstić information content (AvgIpc) is 3.35. The number of anilines is 3. The van der Waals surface area contributed by atoms with Crippen LogP contribution in [0.2, 0.25) is 0 Å². The van der Waals surface area contributed by atoms with Gasteiger partial charge in [-0.1, -0.05) is 0 Å². The molecule has 3 aromatic heterocycles. The van der Waals surface area contributed by atoms with Crippen molar-refractivity contribution >= 4 is 17.3 Å². The molecule has 1 fully saturated rings. The van der Waals surface area contributed by atoms with Crippen LogP contribution in [-0.2, 0) is 6.54 Å². The summed E-state index contributed by atoms with van der Waals surface area (Å²) in [6, 6.07) is 14.4. The Labute approximate surface area is 213 Å². The first kappa shape index (κ1) is 23.9. The lowest BCUT2D eigenvalue weighted by Crippen LogP contribution is -2.50. The molecule has 1 N–H and O–H groups in total. The molecule has 8 heteroatoms. The van der Waals surface area contributed by atoms with Gasteiger partial charge >= 0.3 is 0 Å². The summed E-state index contributed by atoms with van der Waals surface area (Å²) in [6.07, 6.45) is 9.74. The Kier molecular flexibility index (Phi) is 6.69. The SMILES string of the molecule is CCn1cc(-c2ccnc(Nc3ccc(N4CCC(C)(N(C)C)CC4)cc3)n2)c(-c2cccnc2)n1. The van der Waals surface area contributed by atoms with Crippen LogP contribution in [0, 0.1) is 0 Å². The molecule has 1 aliphatic rings. The molecule has 0 amide bonds. The first-order valence-electron chi connectivity index (χ1n) is 12.6. The van der Waals surface area contributed by atoms with Gasteiger partial charge in [0.15, 0.2) is 0 Å². The number of aromatic nitrogens is 5. The molecule has 8 nitrogen and oxygen atoms in total. The van der Waals surface area contributed by atoms with Crippen molar-refractivity contribution in [1.82, 2.24) is 29.6 Å². The molecule has 36 heavy (non-hydrogen) atoms. The molecule has 5 rings (SSSR count). The van der Waals surface area contributed by atoms with Crippen LogP contribution in [0.3, 0.4) is 0 Å². The quantitative estimate of drug-likeness (QED) is 0.393. The summed E-state index contributed by atoms with van der Waals surface area (Å²) in [5.41, 5.74) is 6.11. The molecule has 1 aromatic carbocycles. The van der Waals surface area contributed by atoms with Gasteiger partial charge in [-0.2, -0.15) is 5.10 Å². The summed E-state index contributed by atoms with van der Waals surface area (Å²) in [7, 11) is 4.37. The smallest absolute Gasteiger partial charge is 0.227 e. The van der Waals surface area contributed by atoms with Crippen molar-refractivity contribution in [2.75, 3.05) is 37.4 Å². The first-order chi connectivity index (χ1) is 17.4. The summed E-state index contributed by atoms with van der Waals surface area (Å²) in [4.78, 5) is 18.4. The Morgan fingerprint density at radius 3 is 2.47 bits per heavy atom. The minimum Gasteiger partial charge on any atom is -0.371 e. The fourth-order valence-corrected chi connectivity index (χ4v) is 4.63. The van der Waals surface area contributed by atoms with Crippen molar-refractivity contribution in [3.05, 3.63) is 67.3 Å². The van der Waals surface area contributed by atoms with Gasteiger partial charge in [0.2, 0.25) is 5.95 Å². The minimum absolute atomic E-state index is 0.283. The molecular weight excluding hydrogens is 448 g/mol. The third-order valence-electron chi connectivity index (χ3n) is 7.36. The number of piperidine rings is 1. The first-order valence-corrected chi connectivity index (χ1v) is 12.6. The molecule has 0 saturated carbocycles. The maximum Gasteiger partial charge on any atom is 0.227 e. The average molecular weight is 483 g/mol. The van der Waals surface area contributed by atoms with E-state index in [9.17, 15) is 0 Å². The maximum atomic E-state index is 4.81. The van der Waals surface area contributed by atoms with Crippen molar-refractivity contribution in [2.45, 2.75) is 38.8 Å². The van der Waals surface area contributed by atoms with Crippen LogP contribution in [0.4, 0.5) is 17.3 Å². The molecule has 4 heterocycles. The molecule has 0 atom stereocenters. The second kappa shape index (κ2) is 10.1. The number of hydrogen-bond acceptors (Lipinski definition) is 7. The van der Waals surface area contributed by atoms with Crippen LogP contribution >= 0.6 is 0 Å². The summed E-state index contributed by atoms with van der Waals surface area (Å²) in [5, 5.41) is 8.12. The summed E-state index contributed by atoms with van der Waals surface area (Å²) in [6.45, 7) is 7.35. The molecule has 0 aliphatic carbocycles. The number of benzene rings is 1. The Morgan fingerprint density at radius 1 is 1.03 bits per heavy atom. The molecule has 4 aromatic rings. The predicted molar refractivity (Wildman–Crippen MR) is 145 cm³/mol. The van der Waals surface area contributed by atoms with Crippen LogP contribution in [0.15, 0.2) is 67.3 Å². The van der Waals surface area contributed by atoms with Gasteiger partial charge in [0.25, 0.3) is 0 Å². The molecule has 0 spiro atoms. The lowest BCUT2D eigenvalue weighted by Gasteiger charge is -2.44. The Hall–Kier alpha value is -3.78. The topological polar surface area (TPSA) is 75.0 Å². The van der Waals surface area contributed by atoms with Gasteiger partial charge in [-0.15, -0.1) is 0 Å². The van der Waals surface area contributed by atoms with E-state index in [2.05, 4.69) is 77.3 Å². The Balaban J connectivity index is 1.32. The zero-order chi connectivity index (χ0) is 25.1. The third-order valence-corrected chi connectivity index (χ3v) is 7.36. The van der Waals surface area contributed by atoms with Crippen LogP contribution < -0.4 is 10.2 Å². The summed E-state index contributed by atoms with van der Waals surface area (Å²) < 4.78 is 1.92. The van der Waals surface area contributed by atoms with Gasteiger partial charge in [-0.25, -0.2) is 9.97 Å². The fraction of sp³-hybridized carbons (Fsp3) is 0.357. The largest absolute Gasteiger partial charge is 0.371 e. The third kappa shape index (κ3) is 4.95. The lowest BCUT2D eigenvalue weighted by molar-refractivity contribution is 0.137. The van der Waals surface area contributed by atoms with Gasteiger partial charge < -0.3 is 15.1 Å². The molecule has 186 valence electrons. The Morgan fingerprint density at radius 2 is 1.81 bits per heavy atom. The van der Waals surface area contributed by atoms with E-state index in [4.69, 9.17) is 10.1 Å². The van der Waals surface area contributed by atoms with Crippen molar-refractivity contribution < 1.29 is 0 Å². The zero-order valence-corrected chi connectivity index (χ0v) is 21.5. The van der Waals surface area contributed by atoms with Gasteiger partial charge in [0.05, 0.1) is 5.69 Å². The standard InChI is InChI=1S/C28H34N8/c1-5-36-20-24(26(33-36)21-7-6-15-29-19-21)25-12-16-30-27(32-25)31-22-8-10-23(11-9-22)35-17-13-28(2,14-18-35)34(3)4/h6-12,15-16,19-20H,5,13-14,17-18H2,1-4H3,(H,30,31,32). The van der Waals surface area contributed by atoms with Crippen LogP contribution in [-0.4, -0.2) is 62.4 Å². The lowest BCUT2D eigenvalue weighted by atomic mass is 9.88. The van der Waals surface area contributed by atoms with Crippen LogP contribution in [0.25, 0.3) is 22.5 Å². The molecule has 1 aliphatic heterocycles. The molecular formula is C28H34N8. The number of hydrogen-bond donors (Lipinski definition) is 1. The van der Waals surface area contributed by atoms with E-state index < -0.39 is 0 Å². The summed E-state index contributed by atoms with van der Waals surface area (Å²) in [5.74, 6) is 0.557. The minimum atomic E-state index is 0.283. The van der Waals surface area contributed by atoms with E-state index in [-0.39, 0.29) is 5.54 Å². The highest BCUT2D eigenvalue weighted by Gasteiger charge is 2.31. The number of aryl methyl sites for hydroxylation is 1. The monoisotopic (exact) mass is 482 g/mol. The highest BCUT2D eigenvalue weighted by atomic mass is 15.3. The maximum absolute atomic E-state index is 4.81. The van der Waals surface area contributed by atoms with E-state index >= 15 is 0 Å². The number of nitrogens with zero attached hydrogens (tertiary/aromatic N) is 7. The van der Waals surface area contributed by atoms with Gasteiger partial charge in [-0.3, -0.25) is 9.67 Å². The molecule has 0 bridgehead atoms. The van der Waals surface area contributed by atoms with Gasteiger partial charge in [0.1, 0.15) is 5.69 Å². The molecule has 0 unspecified atom stereocenters. The van der Waals surface area contributed by atoms with Crippen molar-refractivity contribution in [2.24, 2.45) is 0 Å². The van der Waals surface area contributed by atoms with E-state index in [1.807, 2.05) is 35.3 Å². The molecule has 1 saturated heterocycles. The van der Waals surface area contributed by atoms with E-state index in [1.165, 1.54) is 5.69 Å². The van der Waals surface area contributed by atoms with Crippen molar-refractivity contribution in [3.63, 3.8) is 0 Å². The zero-order valence-electron chi connectivity index (χ0n) is 21.5. The predicted octanol–water partition coefficient (Wildman–Crippen LogP) is 5.09. The number of rotatable bonds is 7. The summed E-state index contributed by atoms with van der Waals surface area (Å²) >= 11 is 0. The van der Waals surface area contributed by atoms with E-state index in [1.54, 1.807) is 12.4 Å². The van der Waals surface area contributed by atoms with E-state index in [0.29, 0.717) is 5.95 Å². The Bertz CT molecular complexity index is 1290. The van der Waals surface area contributed by atoms with Gasteiger partial charge in [-0.05, 0) is 83.2 Å². The number of pyridine rings is 1. The highest BCUT2D eigenvalue weighted by molar-refractivity contribution is 5.78. The second-order valence-electron chi connectivity index (χ2n) is 9.80. The van der Waals surface area contributed by atoms with Crippen LogP contribution in [0.5, 0.6) is 0 Å². The van der Waals surface area contributed by atoms with Crippen molar-refractivity contribution in [1.29, 1.82) is 0 Å². The van der Waals surface area contributed by atoms with Crippen LogP contribution in [0.1, 0.15) is 26.7 Å². The molecule has 0 radical (unpaired) electrons. The number of nitrogens with one attached hydrogen (secondary N) is 1. The fourth-order valence-electron chi connectivity index (χ4n) is 4.63. The van der Waals surface area contributed by atoms with E-state index in [0.717, 1.165) is 60.7 Å². The second-order valence-corrected chi connectivity index (χ2v) is 9.80. The highest BCUT2D eigenvalue weighted by Crippen LogP contribution is 2.32. The van der Waals surface area contributed by atoms with Gasteiger partial charge in [0, 0.05) is 72.5 Å².